The average molecular weight is 174 g/mol. The smallest absolute Gasteiger partial charge is 0.335 e. The van der Waals surface area contributed by atoms with Crippen molar-refractivity contribution in [2.24, 2.45) is 5.92 Å². The molecule has 0 aromatic heterocycles. The molecule has 1 fully saturated rings. The molecule has 1 heterocycles. The van der Waals surface area contributed by atoms with Crippen LogP contribution in [-0.4, -0.2) is 36.5 Å². The summed E-state index contributed by atoms with van der Waals surface area (Å²) in [7, 11) is 0. The Bertz CT molecular complexity index is 166. The van der Waals surface area contributed by atoms with Crippen molar-refractivity contribution in [3.05, 3.63) is 0 Å². The molecule has 0 amide bonds. The van der Waals surface area contributed by atoms with E-state index in [0.29, 0.717) is 13.2 Å². The fourth-order valence-corrected chi connectivity index (χ4v) is 1.30. The van der Waals surface area contributed by atoms with Gasteiger partial charge in [0.2, 0.25) is 0 Å². The highest BCUT2D eigenvalue weighted by atomic mass is 16.6. The molecule has 1 aliphatic rings. The monoisotopic (exact) mass is 174 g/mol. The zero-order chi connectivity index (χ0) is 9.14. The van der Waals surface area contributed by atoms with Crippen LogP contribution in [0.1, 0.15) is 13.8 Å². The lowest BCUT2D eigenvalue weighted by Gasteiger charge is -2.31. The van der Waals surface area contributed by atoms with Gasteiger partial charge in [0.05, 0.1) is 19.3 Å². The third kappa shape index (κ3) is 1.95. The summed E-state index contributed by atoms with van der Waals surface area (Å²) in [6.45, 7) is 4.72. The van der Waals surface area contributed by atoms with E-state index < -0.39 is 12.1 Å². The maximum absolute atomic E-state index is 10.7. The van der Waals surface area contributed by atoms with Gasteiger partial charge in [0.15, 0.2) is 6.10 Å². The van der Waals surface area contributed by atoms with E-state index >= 15 is 0 Å². The number of hydrogen-bond donors (Lipinski definition) is 1. The molecule has 0 spiro atoms. The highest BCUT2D eigenvalue weighted by Crippen LogP contribution is 2.17. The van der Waals surface area contributed by atoms with Gasteiger partial charge in [-0.2, -0.15) is 0 Å². The highest BCUT2D eigenvalue weighted by Gasteiger charge is 2.34. The Kier molecular flexibility index (Phi) is 3.05. The summed E-state index contributed by atoms with van der Waals surface area (Å²) >= 11 is 0. The second-order valence-electron chi connectivity index (χ2n) is 3.21. The predicted molar refractivity (Wildman–Crippen MR) is 42.0 cm³/mol. The average Bonchev–Trinajstić information content (AvgIpc) is 2.04. The number of carbonyl (C=O) groups is 1. The molecule has 0 aromatic carbocycles. The number of carboxylic acid groups (broad SMARTS) is 1. The van der Waals surface area contributed by atoms with Crippen LogP contribution in [-0.2, 0) is 14.3 Å². The van der Waals surface area contributed by atoms with Crippen molar-refractivity contribution in [1.29, 1.82) is 0 Å². The maximum Gasteiger partial charge on any atom is 0.335 e. The van der Waals surface area contributed by atoms with E-state index in [1.807, 2.05) is 13.8 Å². The normalized spacial score (nSPS) is 30.6. The maximum atomic E-state index is 10.7. The lowest BCUT2D eigenvalue weighted by Crippen LogP contribution is -2.46. The number of ether oxygens (including phenoxy) is 2. The number of carboxylic acids is 1. The topological polar surface area (TPSA) is 55.8 Å². The van der Waals surface area contributed by atoms with Gasteiger partial charge in [-0.25, -0.2) is 4.79 Å². The Hall–Kier alpha value is -0.610. The van der Waals surface area contributed by atoms with Crippen molar-refractivity contribution >= 4 is 5.97 Å². The van der Waals surface area contributed by atoms with Crippen molar-refractivity contribution in [1.82, 2.24) is 0 Å². The quantitative estimate of drug-likeness (QED) is 0.662. The zero-order valence-corrected chi connectivity index (χ0v) is 7.32. The first-order valence-corrected chi connectivity index (χ1v) is 4.09. The van der Waals surface area contributed by atoms with Crippen molar-refractivity contribution in [3.8, 4) is 0 Å². The summed E-state index contributed by atoms with van der Waals surface area (Å²) in [5.74, 6) is -0.764. The molecular weight excluding hydrogens is 160 g/mol. The van der Waals surface area contributed by atoms with Crippen LogP contribution >= 0.6 is 0 Å². The lowest BCUT2D eigenvalue weighted by atomic mass is 10.0. The fourth-order valence-electron chi connectivity index (χ4n) is 1.30. The molecule has 1 rings (SSSR count). The standard InChI is InChI=1S/C8H14O4/c1-5(2)6-7(8(9)10)12-4-3-11-6/h5-7H,3-4H2,1-2H3,(H,9,10). The minimum atomic E-state index is -0.937. The van der Waals surface area contributed by atoms with Crippen LogP contribution < -0.4 is 0 Å². The molecule has 2 unspecified atom stereocenters. The van der Waals surface area contributed by atoms with Gasteiger partial charge in [0, 0.05) is 0 Å². The van der Waals surface area contributed by atoms with Gasteiger partial charge < -0.3 is 14.6 Å². The van der Waals surface area contributed by atoms with E-state index in [1.165, 1.54) is 0 Å². The van der Waals surface area contributed by atoms with Gasteiger partial charge in [0.25, 0.3) is 0 Å². The third-order valence-corrected chi connectivity index (χ3v) is 1.89. The molecule has 4 heteroatoms. The van der Waals surface area contributed by atoms with Gasteiger partial charge in [-0.15, -0.1) is 0 Å². The summed E-state index contributed by atoms with van der Waals surface area (Å²) in [4.78, 5) is 10.7. The molecule has 70 valence electrons. The van der Waals surface area contributed by atoms with E-state index in [4.69, 9.17) is 14.6 Å². The van der Waals surface area contributed by atoms with Gasteiger partial charge in [0.1, 0.15) is 0 Å². The van der Waals surface area contributed by atoms with Gasteiger partial charge in [-0.1, -0.05) is 13.8 Å². The SMILES string of the molecule is CC(C)C1OCCOC1C(=O)O. The third-order valence-electron chi connectivity index (χ3n) is 1.89. The van der Waals surface area contributed by atoms with Crippen molar-refractivity contribution in [3.63, 3.8) is 0 Å². The second-order valence-corrected chi connectivity index (χ2v) is 3.21. The number of rotatable bonds is 2. The first-order chi connectivity index (χ1) is 5.63. The summed E-state index contributed by atoms with van der Waals surface area (Å²) in [5.41, 5.74) is 0. The fraction of sp³-hybridized carbons (Fsp3) is 0.875. The van der Waals surface area contributed by atoms with Gasteiger partial charge in [-0.3, -0.25) is 0 Å². The van der Waals surface area contributed by atoms with Crippen molar-refractivity contribution in [2.75, 3.05) is 13.2 Å². The summed E-state index contributed by atoms with van der Waals surface area (Å²) in [5, 5.41) is 8.75. The van der Waals surface area contributed by atoms with Gasteiger partial charge >= 0.3 is 5.97 Å². The van der Waals surface area contributed by atoms with Crippen LogP contribution in [0.15, 0.2) is 0 Å². The zero-order valence-electron chi connectivity index (χ0n) is 7.32. The molecule has 1 N–H and O–H groups in total. The number of hydrogen-bond acceptors (Lipinski definition) is 3. The molecule has 4 nitrogen and oxygen atoms in total. The van der Waals surface area contributed by atoms with E-state index in [0.717, 1.165) is 0 Å². The molecule has 12 heavy (non-hydrogen) atoms. The van der Waals surface area contributed by atoms with E-state index in [-0.39, 0.29) is 12.0 Å². The van der Waals surface area contributed by atoms with Crippen LogP contribution in [0.25, 0.3) is 0 Å². The largest absolute Gasteiger partial charge is 0.479 e. The lowest BCUT2D eigenvalue weighted by molar-refractivity contribution is -0.186. The van der Waals surface area contributed by atoms with Crippen LogP contribution in [0.2, 0.25) is 0 Å². The molecule has 2 atom stereocenters. The van der Waals surface area contributed by atoms with Crippen LogP contribution in [0.4, 0.5) is 0 Å². The minimum absolute atomic E-state index is 0.173. The van der Waals surface area contributed by atoms with Crippen LogP contribution in [0, 0.1) is 5.92 Å². The summed E-state index contributed by atoms with van der Waals surface area (Å²) in [6.07, 6.45) is -1.10. The second kappa shape index (κ2) is 3.87. The highest BCUT2D eigenvalue weighted by molar-refractivity contribution is 5.73. The number of aliphatic carboxylic acids is 1. The first kappa shape index (κ1) is 9.48. The van der Waals surface area contributed by atoms with E-state index in [1.54, 1.807) is 0 Å². The Balaban J connectivity index is 2.60. The molecule has 0 aromatic rings. The van der Waals surface area contributed by atoms with Crippen molar-refractivity contribution in [2.45, 2.75) is 26.1 Å². The van der Waals surface area contributed by atoms with Crippen molar-refractivity contribution < 1.29 is 19.4 Å². The summed E-state index contributed by atoms with van der Waals surface area (Å²) < 4.78 is 10.4. The van der Waals surface area contributed by atoms with Crippen LogP contribution in [0.3, 0.4) is 0 Å². The Labute approximate surface area is 71.5 Å². The van der Waals surface area contributed by atoms with E-state index in [9.17, 15) is 4.79 Å². The first-order valence-electron chi connectivity index (χ1n) is 4.09. The summed E-state index contributed by atoms with van der Waals surface area (Å²) in [6, 6.07) is 0. The Morgan fingerprint density at radius 2 is 2.00 bits per heavy atom. The minimum Gasteiger partial charge on any atom is -0.479 e. The molecule has 0 saturated carbocycles. The molecule has 1 aliphatic heterocycles. The van der Waals surface area contributed by atoms with Gasteiger partial charge in [-0.05, 0) is 5.92 Å². The Morgan fingerprint density at radius 1 is 1.42 bits per heavy atom. The predicted octanol–water partition coefficient (Wildman–Crippen LogP) is 0.511. The van der Waals surface area contributed by atoms with E-state index in [2.05, 4.69) is 0 Å². The van der Waals surface area contributed by atoms with Crippen LogP contribution in [0.5, 0.6) is 0 Å². The molecule has 0 radical (unpaired) electrons. The molecule has 0 bridgehead atoms. The molecule has 1 saturated heterocycles. The Morgan fingerprint density at radius 3 is 2.42 bits per heavy atom. The molecule has 0 aliphatic carbocycles. The molecular formula is C8H14O4.